The molecule has 0 radical (unpaired) electrons. The van der Waals surface area contributed by atoms with Crippen LogP contribution in [0.15, 0.2) is 0 Å². The van der Waals surface area contributed by atoms with Gasteiger partial charge in [0.1, 0.15) is 0 Å². The maximum atomic E-state index is 11.2. The number of esters is 2. The second-order valence-corrected chi connectivity index (χ2v) is 3.63. The number of terminal acetylenes is 1. The lowest BCUT2D eigenvalue weighted by atomic mass is 9.76. The minimum Gasteiger partial charge on any atom is -0.393 e. The first-order valence-electron chi connectivity index (χ1n) is 4.44. The zero-order chi connectivity index (χ0) is 9.42. The van der Waals surface area contributed by atoms with Crippen molar-refractivity contribution in [2.45, 2.75) is 19.3 Å². The van der Waals surface area contributed by atoms with Gasteiger partial charge in [0.2, 0.25) is 0 Å². The van der Waals surface area contributed by atoms with E-state index in [4.69, 9.17) is 6.42 Å². The number of rotatable bonds is 0. The van der Waals surface area contributed by atoms with Crippen LogP contribution in [0.25, 0.3) is 0 Å². The van der Waals surface area contributed by atoms with Gasteiger partial charge >= 0.3 is 11.9 Å². The number of ether oxygens (including phenoxy) is 1. The Morgan fingerprint density at radius 3 is 2.62 bits per heavy atom. The molecular formula is C10H10O3. The molecule has 2 rings (SSSR count). The minimum atomic E-state index is -0.380. The highest BCUT2D eigenvalue weighted by Gasteiger charge is 2.47. The lowest BCUT2D eigenvalue weighted by Gasteiger charge is -2.23. The average molecular weight is 178 g/mol. The topological polar surface area (TPSA) is 43.4 Å². The van der Waals surface area contributed by atoms with Crippen molar-refractivity contribution >= 4 is 11.9 Å². The number of carbonyl (C=O) groups is 2. The van der Waals surface area contributed by atoms with Gasteiger partial charge in [-0.1, -0.05) is 0 Å². The van der Waals surface area contributed by atoms with Crippen molar-refractivity contribution in [3.8, 4) is 12.3 Å². The molecular weight excluding hydrogens is 168 g/mol. The second-order valence-electron chi connectivity index (χ2n) is 3.63. The molecule has 13 heavy (non-hydrogen) atoms. The van der Waals surface area contributed by atoms with E-state index in [0.717, 1.165) is 6.42 Å². The second kappa shape index (κ2) is 2.88. The Balaban J connectivity index is 2.16. The zero-order valence-electron chi connectivity index (χ0n) is 7.16. The first kappa shape index (κ1) is 8.31. The first-order valence-corrected chi connectivity index (χ1v) is 4.44. The molecule has 1 aliphatic heterocycles. The van der Waals surface area contributed by atoms with E-state index in [9.17, 15) is 9.59 Å². The molecule has 0 amide bonds. The Kier molecular flexibility index (Phi) is 1.84. The summed E-state index contributed by atoms with van der Waals surface area (Å²) < 4.78 is 4.55. The van der Waals surface area contributed by atoms with E-state index in [1.165, 1.54) is 0 Å². The van der Waals surface area contributed by atoms with Crippen LogP contribution in [0.3, 0.4) is 0 Å². The zero-order valence-corrected chi connectivity index (χ0v) is 7.16. The molecule has 1 saturated heterocycles. The van der Waals surface area contributed by atoms with Crippen LogP contribution < -0.4 is 0 Å². The fraction of sp³-hybridized carbons (Fsp3) is 0.600. The molecule has 0 aromatic heterocycles. The SMILES string of the molecule is C#CC1CCC2C(=O)OC(=O)C2C1. The maximum absolute atomic E-state index is 11.2. The Morgan fingerprint density at radius 2 is 1.92 bits per heavy atom. The van der Waals surface area contributed by atoms with Gasteiger partial charge in [-0.15, -0.1) is 12.3 Å². The molecule has 2 fully saturated rings. The molecule has 0 bridgehead atoms. The predicted molar refractivity (Wildman–Crippen MR) is 44.3 cm³/mol. The van der Waals surface area contributed by atoms with Crippen LogP contribution in [0.2, 0.25) is 0 Å². The molecule has 1 saturated carbocycles. The van der Waals surface area contributed by atoms with Crippen molar-refractivity contribution in [1.29, 1.82) is 0 Å². The maximum Gasteiger partial charge on any atom is 0.317 e. The van der Waals surface area contributed by atoms with E-state index in [1.807, 2.05) is 0 Å². The fourth-order valence-corrected chi connectivity index (χ4v) is 2.12. The summed E-state index contributed by atoms with van der Waals surface area (Å²) in [6.07, 6.45) is 7.43. The fourth-order valence-electron chi connectivity index (χ4n) is 2.12. The normalized spacial score (nSPS) is 37.9. The highest BCUT2D eigenvalue weighted by Crippen LogP contribution is 2.38. The Morgan fingerprint density at radius 1 is 1.23 bits per heavy atom. The average Bonchev–Trinajstić information content (AvgIpc) is 2.42. The van der Waals surface area contributed by atoms with Crippen LogP contribution in [0, 0.1) is 30.1 Å². The third-order valence-electron chi connectivity index (χ3n) is 2.89. The molecule has 3 atom stereocenters. The van der Waals surface area contributed by atoms with Crippen LogP contribution >= 0.6 is 0 Å². The van der Waals surface area contributed by atoms with Gasteiger partial charge in [-0.25, -0.2) is 0 Å². The van der Waals surface area contributed by atoms with Gasteiger partial charge in [0.25, 0.3) is 0 Å². The van der Waals surface area contributed by atoms with Gasteiger partial charge in [-0.05, 0) is 19.3 Å². The van der Waals surface area contributed by atoms with Crippen molar-refractivity contribution in [2.75, 3.05) is 0 Å². The summed E-state index contributed by atoms with van der Waals surface area (Å²) in [5, 5.41) is 0. The molecule has 3 nitrogen and oxygen atoms in total. The van der Waals surface area contributed by atoms with E-state index < -0.39 is 0 Å². The van der Waals surface area contributed by atoms with Crippen molar-refractivity contribution in [3.63, 3.8) is 0 Å². The summed E-state index contributed by atoms with van der Waals surface area (Å²) in [5.74, 6) is 1.56. The van der Waals surface area contributed by atoms with Crippen LogP contribution in [-0.4, -0.2) is 11.9 Å². The van der Waals surface area contributed by atoms with Crippen LogP contribution in [0.1, 0.15) is 19.3 Å². The lowest BCUT2D eigenvalue weighted by molar-refractivity contribution is -0.153. The standard InChI is InChI=1S/C10H10O3/c1-2-6-3-4-7-8(5-6)10(12)13-9(7)11/h1,6-8H,3-5H2. The monoisotopic (exact) mass is 178 g/mol. The lowest BCUT2D eigenvalue weighted by Crippen LogP contribution is -2.26. The molecule has 0 aromatic rings. The molecule has 1 heterocycles. The quantitative estimate of drug-likeness (QED) is 0.312. The summed E-state index contributed by atoms with van der Waals surface area (Å²) in [5.41, 5.74) is 0. The van der Waals surface area contributed by atoms with Gasteiger partial charge in [0, 0.05) is 5.92 Å². The van der Waals surface area contributed by atoms with E-state index in [2.05, 4.69) is 10.7 Å². The number of hydrogen-bond acceptors (Lipinski definition) is 3. The Labute approximate surface area is 76.4 Å². The van der Waals surface area contributed by atoms with E-state index in [-0.39, 0.29) is 29.7 Å². The summed E-state index contributed by atoms with van der Waals surface area (Å²) in [7, 11) is 0. The van der Waals surface area contributed by atoms with Gasteiger partial charge in [-0.2, -0.15) is 0 Å². The Bertz CT molecular complexity index is 300. The molecule has 68 valence electrons. The third kappa shape index (κ3) is 1.23. The molecule has 3 unspecified atom stereocenters. The summed E-state index contributed by atoms with van der Waals surface area (Å²) in [6, 6.07) is 0. The van der Waals surface area contributed by atoms with E-state index in [1.54, 1.807) is 0 Å². The van der Waals surface area contributed by atoms with Gasteiger partial charge in [0.15, 0.2) is 0 Å². The molecule has 0 N–H and O–H groups in total. The molecule has 0 spiro atoms. The van der Waals surface area contributed by atoms with Gasteiger partial charge in [0.05, 0.1) is 11.8 Å². The summed E-state index contributed by atoms with van der Waals surface area (Å²) in [6.45, 7) is 0. The van der Waals surface area contributed by atoms with Crippen LogP contribution in [0.4, 0.5) is 0 Å². The van der Waals surface area contributed by atoms with E-state index >= 15 is 0 Å². The highest BCUT2D eigenvalue weighted by molar-refractivity contribution is 5.96. The largest absolute Gasteiger partial charge is 0.393 e. The summed E-state index contributed by atoms with van der Waals surface area (Å²) in [4.78, 5) is 22.3. The first-order chi connectivity index (χ1) is 6.22. The Hall–Kier alpha value is -1.30. The number of hydrogen-bond donors (Lipinski definition) is 0. The number of cyclic esters (lactones) is 2. The van der Waals surface area contributed by atoms with Crippen molar-refractivity contribution in [1.82, 2.24) is 0 Å². The van der Waals surface area contributed by atoms with Crippen molar-refractivity contribution in [2.24, 2.45) is 17.8 Å². The van der Waals surface area contributed by atoms with Gasteiger partial charge in [-0.3, -0.25) is 9.59 Å². The number of carbonyl (C=O) groups excluding carboxylic acids is 2. The van der Waals surface area contributed by atoms with Crippen molar-refractivity contribution < 1.29 is 14.3 Å². The molecule has 3 heteroatoms. The van der Waals surface area contributed by atoms with Gasteiger partial charge < -0.3 is 4.74 Å². The van der Waals surface area contributed by atoms with Crippen LogP contribution in [0.5, 0.6) is 0 Å². The minimum absolute atomic E-state index is 0.139. The summed E-state index contributed by atoms with van der Waals surface area (Å²) >= 11 is 0. The molecule has 1 aliphatic carbocycles. The highest BCUT2D eigenvalue weighted by atomic mass is 16.6. The van der Waals surface area contributed by atoms with E-state index in [0.29, 0.717) is 12.8 Å². The molecule has 0 aromatic carbocycles. The predicted octanol–water partition coefficient (Wildman–Crippen LogP) is 0.735. The molecule has 2 aliphatic rings. The third-order valence-corrected chi connectivity index (χ3v) is 2.89. The van der Waals surface area contributed by atoms with Crippen LogP contribution in [-0.2, 0) is 14.3 Å². The number of fused-ring (bicyclic) bond motifs is 1. The smallest absolute Gasteiger partial charge is 0.317 e. The van der Waals surface area contributed by atoms with Crippen molar-refractivity contribution in [3.05, 3.63) is 0 Å².